The Morgan fingerprint density at radius 2 is 2.58 bits per heavy atom. The second-order valence-corrected chi connectivity index (χ2v) is 2.81. The molecule has 1 rings (SSSR count). The van der Waals surface area contributed by atoms with Crippen molar-refractivity contribution in [2.45, 2.75) is 19.4 Å². The molecule has 1 heterocycles. The number of H-pyrrole nitrogens is 1. The Labute approximate surface area is 71.2 Å². The number of nitrogens with one attached hydrogen (secondary N) is 2. The van der Waals surface area contributed by atoms with E-state index in [0.29, 0.717) is 12.2 Å². The van der Waals surface area contributed by atoms with E-state index in [2.05, 4.69) is 10.3 Å². The van der Waals surface area contributed by atoms with Gasteiger partial charge in [-0.3, -0.25) is 4.79 Å². The first kappa shape index (κ1) is 8.80. The highest BCUT2D eigenvalue weighted by Gasteiger charge is 2.04. The van der Waals surface area contributed by atoms with Crippen LogP contribution in [0, 0.1) is 0 Å². The Kier molecular flexibility index (Phi) is 2.88. The molecule has 4 N–H and O–H groups in total. The molecule has 0 aliphatic carbocycles. The van der Waals surface area contributed by atoms with Crippen LogP contribution in [0.2, 0.25) is 0 Å². The van der Waals surface area contributed by atoms with Gasteiger partial charge in [-0.1, -0.05) is 0 Å². The number of carbonyl (C=O) groups excluding carboxylic acids is 1. The van der Waals surface area contributed by atoms with Gasteiger partial charge in [-0.05, 0) is 19.1 Å². The van der Waals surface area contributed by atoms with Crippen LogP contribution in [-0.2, 0) is 4.79 Å². The van der Waals surface area contributed by atoms with Gasteiger partial charge in [0.2, 0.25) is 5.91 Å². The molecule has 1 aromatic rings. The van der Waals surface area contributed by atoms with Gasteiger partial charge >= 0.3 is 0 Å². The first-order valence-corrected chi connectivity index (χ1v) is 3.87. The van der Waals surface area contributed by atoms with Crippen molar-refractivity contribution in [2.75, 3.05) is 5.32 Å². The number of nitrogens with two attached hydrogens (primary N) is 1. The van der Waals surface area contributed by atoms with E-state index in [4.69, 9.17) is 5.73 Å². The molecule has 1 aromatic heterocycles. The number of carbonyl (C=O) groups is 1. The number of rotatable bonds is 3. The van der Waals surface area contributed by atoms with Gasteiger partial charge < -0.3 is 16.0 Å². The molecule has 0 radical (unpaired) electrons. The normalized spacial score (nSPS) is 12.5. The number of hydrogen-bond acceptors (Lipinski definition) is 2. The maximum absolute atomic E-state index is 11.1. The molecule has 0 spiro atoms. The highest BCUT2D eigenvalue weighted by Crippen LogP contribution is 2.01. The lowest BCUT2D eigenvalue weighted by Crippen LogP contribution is -2.24. The van der Waals surface area contributed by atoms with Crippen molar-refractivity contribution < 1.29 is 4.79 Å². The van der Waals surface area contributed by atoms with Crippen LogP contribution in [0.5, 0.6) is 0 Å². The van der Waals surface area contributed by atoms with E-state index in [1.165, 1.54) is 0 Å². The fourth-order valence-corrected chi connectivity index (χ4v) is 0.902. The number of aromatic amines is 1. The van der Waals surface area contributed by atoms with Gasteiger partial charge in [0.05, 0.1) is 0 Å². The fraction of sp³-hybridized carbons (Fsp3) is 0.375. The monoisotopic (exact) mass is 167 g/mol. The summed E-state index contributed by atoms with van der Waals surface area (Å²) in [6, 6.07) is 3.51. The van der Waals surface area contributed by atoms with Crippen molar-refractivity contribution in [1.29, 1.82) is 0 Å². The smallest absolute Gasteiger partial charge is 0.227 e. The minimum atomic E-state index is -0.0973. The van der Waals surface area contributed by atoms with Crippen LogP contribution in [0.25, 0.3) is 0 Å². The zero-order valence-corrected chi connectivity index (χ0v) is 7.00. The van der Waals surface area contributed by atoms with Crippen molar-refractivity contribution in [3.05, 3.63) is 18.3 Å². The third-order valence-electron chi connectivity index (χ3n) is 1.38. The number of hydrogen-bond donors (Lipinski definition) is 3. The zero-order valence-electron chi connectivity index (χ0n) is 7.00. The molecule has 0 bridgehead atoms. The van der Waals surface area contributed by atoms with E-state index in [9.17, 15) is 4.79 Å². The van der Waals surface area contributed by atoms with Gasteiger partial charge in [-0.2, -0.15) is 0 Å². The molecule has 4 heteroatoms. The molecule has 66 valence electrons. The van der Waals surface area contributed by atoms with E-state index in [0.717, 1.165) is 0 Å². The average molecular weight is 167 g/mol. The number of aromatic nitrogens is 1. The third-order valence-corrected chi connectivity index (χ3v) is 1.38. The summed E-state index contributed by atoms with van der Waals surface area (Å²) in [6.07, 6.45) is 2.10. The van der Waals surface area contributed by atoms with Crippen molar-refractivity contribution >= 4 is 11.7 Å². The topological polar surface area (TPSA) is 70.9 Å². The van der Waals surface area contributed by atoms with Crippen LogP contribution in [0.4, 0.5) is 5.82 Å². The summed E-state index contributed by atoms with van der Waals surface area (Å²) in [5, 5.41) is 2.68. The summed E-state index contributed by atoms with van der Waals surface area (Å²) in [6.45, 7) is 1.80. The Hall–Kier alpha value is -1.29. The minimum Gasteiger partial charge on any atom is -0.348 e. The van der Waals surface area contributed by atoms with Crippen molar-refractivity contribution in [1.82, 2.24) is 4.98 Å². The lowest BCUT2D eigenvalue weighted by atomic mass is 10.2. The fourth-order valence-electron chi connectivity index (χ4n) is 0.902. The highest BCUT2D eigenvalue weighted by atomic mass is 16.1. The van der Waals surface area contributed by atoms with Crippen molar-refractivity contribution in [3.8, 4) is 0 Å². The van der Waals surface area contributed by atoms with Crippen LogP contribution in [0.1, 0.15) is 13.3 Å². The predicted molar refractivity (Wildman–Crippen MR) is 47.7 cm³/mol. The van der Waals surface area contributed by atoms with Crippen molar-refractivity contribution in [2.24, 2.45) is 5.73 Å². The van der Waals surface area contributed by atoms with E-state index in [1.54, 1.807) is 19.2 Å². The molecule has 0 fully saturated rings. The molecule has 0 saturated heterocycles. The molecule has 0 aromatic carbocycles. The van der Waals surface area contributed by atoms with Crippen molar-refractivity contribution in [3.63, 3.8) is 0 Å². The third kappa shape index (κ3) is 2.75. The molecular formula is C8H13N3O. The first-order chi connectivity index (χ1) is 5.68. The number of anilines is 1. The molecule has 0 aliphatic rings. The highest BCUT2D eigenvalue weighted by molar-refractivity contribution is 5.90. The molecule has 1 unspecified atom stereocenters. The largest absolute Gasteiger partial charge is 0.348 e. The Balaban J connectivity index is 2.37. The lowest BCUT2D eigenvalue weighted by Gasteiger charge is -2.04. The molecular weight excluding hydrogens is 154 g/mol. The lowest BCUT2D eigenvalue weighted by molar-refractivity contribution is -0.116. The van der Waals surface area contributed by atoms with Gasteiger partial charge in [0.1, 0.15) is 5.82 Å². The molecule has 0 saturated carbocycles. The summed E-state index contributed by atoms with van der Waals surface area (Å²) in [7, 11) is 0. The van der Waals surface area contributed by atoms with Gasteiger partial charge in [0, 0.05) is 18.7 Å². The Morgan fingerprint density at radius 1 is 1.83 bits per heavy atom. The zero-order chi connectivity index (χ0) is 8.97. The minimum absolute atomic E-state index is 0.0625. The van der Waals surface area contributed by atoms with E-state index >= 15 is 0 Å². The molecule has 12 heavy (non-hydrogen) atoms. The standard InChI is InChI=1S/C8H13N3O/c1-6(9)5-8(12)11-7-3-2-4-10-7/h2-4,6,10H,5,9H2,1H3,(H,11,12). The van der Waals surface area contributed by atoms with Crippen LogP contribution in [0.3, 0.4) is 0 Å². The van der Waals surface area contributed by atoms with Gasteiger partial charge in [-0.25, -0.2) is 0 Å². The van der Waals surface area contributed by atoms with Crippen LogP contribution >= 0.6 is 0 Å². The Bertz CT molecular complexity index is 241. The summed E-state index contributed by atoms with van der Waals surface area (Å²) in [5.41, 5.74) is 5.45. The maximum atomic E-state index is 11.1. The summed E-state index contributed by atoms with van der Waals surface area (Å²) in [4.78, 5) is 14.0. The van der Waals surface area contributed by atoms with Gasteiger partial charge in [-0.15, -0.1) is 0 Å². The molecule has 1 amide bonds. The number of amides is 1. The van der Waals surface area contributed by atoms with Crippen LogP contribution in [0.15, 0.2) is 18.3 Å². The molecule has 1 atom stereocenters. The van der Waals surface area contributed by atoms with Gasteiger partial charge in [0.15, 0.2) is 0 Å². The first-order valence-electron chi connectivity index (χ1n) is 3.87. The van der Waals surface area contributed by atoms with E-state index in [-0.39, 0.29) is 11.9 Å². The van der Waals surface area contributed by atoms with Crippen LogP contribution in [-0.4, -0.2) is 16.9 Å². The SMILES string of the molecule is CC(N)CC(=O)Nc1ccc[nH]1. The summed E-state index contributed by atoms with van der Waals surface area (Å²) in [5.74, 6) is 0.646. The van der Waals surface area contributed by atoms with Crippen LogP contribution < -0.4 is 11.1 Å². The quantitative estimate of drug-likeness (QED) is 0.619. The molecule has 4 nitrogen and oxygen atoms in total. The van der Waals surface area contributed by atoms with E-state index < -0.39 is 0 Å². The maximum Gasteiger partial charge on any atom is 0.227 e. The second kappa shape index (κ2) is 3.92. The summed E-state index contributed by atoms with van der Waals surface area (Å²) >= 11 is 0. The average Bonchev–Trinajstić information content (AvgIpc) is 2.37. The molecule has 0 aliphatic heterocycles. The Morgan fingerprint density at radius 3 is 3.08 bits per heavy atom. The van der Waals surface area contributed by atoms with Gasteiger partial charge in [0.25, 0.3) is 0 Å². The van der Waals surface area contributed by atoms with E-state index in [1.807, 2.05) is 6.07 Å². The predicted octanol–water partition coefficient (Wildman–Crippen LogP) is 0.690. The second-order valence-electron chi connectivity index (χ2n) is 2.81. The summed E-state index contributed by atoms with van der Waals surface area (Å²) < 4.78 is 0.